The van der Waals surface area contributed by atoms with Crippen LogP contribution in [0.2, 0.25) is 0 Å². The minimum atomic E-state index is -2.06. The minimum Gasteiger partial charge on any atom is -0.386 e. The van der Waals surface area contributed by atoms with Gasteiger partial charge < -0.3 is 14.9 Å². The molecule has 102 valence electrons. The maximum Gasteiger partial charge on any atom is 0.330 e. The molecule has 0 saturated carbocycles. The monoisotopic (exact) mass is 266 g/mol. The number of H-pyrrole nitrogens is 1. The predicted molar refractivity (Wildman–Crippen MR) is 65.3 cm³/mol. The molecule has 0 aliphatic carbocycles. The highest BCUT2D eigenvalue weighted by molar-refractivity contribution is 5.21. The Morgan fingerprint density at radius 3 is 2.68 bits per heavy atom. The zero-order chi connectivity index (χ0) is 14.4. The fraction of sp³-hybridized carbons (Fsp3) is 0.500. The number of ether oxygens (including phenoxy) is 1. The van der Waals surface area contributed by atoms with E-state index in [1.165, 1.54) is 13.8 Å². The summed E-state index contributed by atoms with van der Waals surface area (Å²) in [6.45, 7) is 3.08. The van der Waals surface area contributed by atoms with Gasteiger partial charge in [0.2, 0.25) is 0 Å². The lowest BCUT2D eigenvalue weighted by Crippen LogP contribution is -2.49. The van der Waals surface area contributed by atoms with Gasteiger partial charge in [0.05, 0.1) is 5.60 Å². The molecule has 0 radical (unpaired) electrons. The molecular weight excluding hydrogens is 252 g/mol. The van der Waals surface area contributed by atoms with Crippen molar-refractivity contribution in [2.75, 3.05) is 0 Å². The van der Waals surface area contributed by atoms with Crippen LogP contribution in [0.15, 0.2) is 21.9 Å². The number of rotatable bonds is 1. The molecule has 7 nitrogen and oxygen atoms in total. The Morgan fingerprint density at radius 1 is 1.53 bits per heavy atom. The van der Waals surface area contributed by atoms with Crippen LogP contribution in [0.25, 0.3) is 0 Å². The van der Waals surface area contributed by atoms with Gasteiger partial charge in [-0.1, -0.05) is 5.92 Å². The molecule has 0 bridgehead atoms. The van der Waals surface area contributed by atoms with Crippen molar-refractivity contribution >= 4 is 0 Å². The maximum absolute atomic E-state index is 11.7. The van der Waals surface area contributed by atoms with Crippen molar-refractivity contribution in [2.24, 2.45) is 0 Å². The maximum atomic E-state index is 11.7. The molecule has 0 spiro atoms. The number of nitrogens with one attached hydrogen (secondary N) is 1. The Kier molecular flexibility index (Phi) is 2.90. The van der Waals surface area contributed by atoms with Crippen molar-refractivity contribution in [3.05, 3.63) is 33.1 Å². The highest BCUT2D eigenvalue weighted by Gasteiger charge is 2.59. The molecule has 1 aromatic rings. The van der Waals surface area contributed by atoms with E-state index < -0.39 is 34.8 Å². The Morgan fingerprint density at radius 2 is 2.16 bits per heavy atom. The van der Waals surface area contributed by atoms with E-state index in [1.54, 1.807) is 0 Å². The number of hydrogen-bond donors (Lipinski definition) is 3. The van der Waals surface area contributed by atoms with Gasteiger partial charge in [0, 0.05) is 12.3 Å². The van der Waals surface area contributed by atoms with Crippen LogP contribution >= 0.6 is 0 Å². The first kappa shape index (κ1) is 13.5. The van der Waals surface area contributed by atoms with Crippen LogP contribution in [0.1, 0.15) is 20.1 Å². The third-order valence-electron chi connectivity index (χ3n) is 3.20. The highest BCUT2D eigenvalue weighted by Crippen LogP contribution is 2.43. The highest BCUT2D eigenvalue weighted by atomic mass is 16.6. The lowest BCUT2D eigenvalue weighted by molar-refractivity contribution is -0.0911. The number of hydrogen-bond acceptors (Lipinski definition) is 5. The summed E-state index contributed by atoms with van der Waals surface area (Å²) in [5, 5.41) is 20.4. The molecule has 1 aliphatic heterocycles. The summed E-state index contributed by atoms with van der Waals surface area (Å²) in [7, 11) is 0. The fourth-order valence-electron chi connectivity index (χ4n) is 2.14. The van der Waals surface area contributed by atoms with Gasteiger partial charge in [-0.2, -0.15) is 0 Å². The first-order valence-electron chi connectivity index (χ1n) is 5.60. The lowest BCUT2D eigenvalue weighted by atomic mass is 9.89. The predicted octanol–water partition coefficient (Wildman–Crippen LogP) is -1.43. The van der Waals surface area contributed by atoms with Gasteiger partial charge in [-0.15, -0.1) is 6.42 Å². The first-order valence-corrected chi connectivity index (χ1v) is 5.60. The SMILES string of the molecule is C#C[C@@]1(O)[C@H](O)C(C)(C)O[C@H]1n1ccc(=O)[nH]c1=O. The van der Waals surface area contributed by atoms with Crippen molar-refractivity contribution in [2.45, 2.75) is 37.4 Å². The van der Waals surface area contributed by atoms with E-state index in [-0.39, 0.29) is 0 Å². The molecule has 1 aromatic heterocycles. The molecule has 0 aromatic carbocycles. The summed E-state index contributed by atoms with van der Waals surface area (Å²) >= 11 is 0. The molecule has 1 aliphatic rings. The zero-order valence-corrected chi connectivity index (χ0v) is 10.5. The first-order chi connectivity index (χ1) is 8.72. The second kappa shape index (κ2) is 4.06. The summed E-state index contributed by atoms with van der Waals surface area (Å²) in [5.41, 5.74) is -4.56. The van der Waals surface area contributed by atoms with Crippen LogP contribution in [-0.2, 0) is 4.74 Å². The summed E-state index contributed by atoms with van der Waals surface area (Å²) < 4.78 is 6.42. The van der Waals surface area contributed by atoms with E-state index >= 15 is 0 Å². The molecule has 1 fully saturated rings. The molecule has 19 heavy (non-hydrogen) atoms. The van der Waals surface area contributed by atoms with Gasteiger partial charge in [-0.3, -0.25) is 14.3 Å². The van der Waals surface area contributed by atoms with Crippen molar-refractivity contribution in [1.82, 2.24) is 9.55 Å². The summed E-state index contributed by atoms with van der Waals surface area (Å²) in [4.78, 5) is 24.8. The molecular formula is C12H14N2O5. The number of aromatic nitrogens is 2. The van der Waals surface area contributed by atoms with Gasteiger partial charge in [0.15, 0.2) is 11.8 Å². The van der Waals surface area contributed by atoms with E-state index in [1.807, 2.05) is 4.98 Å². The Bertz CT molecular complexity index is 653. The smallest absolute Gasteiger partial charge is 0.330 e. The Balaban J connectivity index is 2.59. The molecule has 2 heterocycles. The molecule has 3 atom stereocenters. The average molecular weight is 266 g/mol. The number of aromatic amines is 1. The number of aliphatic hydroxyl groups excluding tert-OH is 1. The number of nitrogens with zero attached hydrogens (tertiary/aromatic N) is 1. The number of aliphatic hydroxyl groups is 2. The van der Waals surface area contributed by atoms with Gasteiger partial charge in [0.1, 0.15) is 6.10 Å². The second-order valence-electron chi connectivity index (χ2n) is 4.96. The third kappa shape index (κ3) is 1.90. The quantitative estimate of drug-likeness (QED) is 0.540. The molecule has 7 heteroatoms. The van der Waals surface area contributed by atoms with Crippen molar-refractivity contribution < 1.29 is 14.9 Å². The van der Waals surface area contributed by atoms with Crippen LogP contribution in [0.3, 0.4) is 0 Å². The van der Waals surface area contributed by atoms with Gasteiger partial charge >= 0.3 is 5.69 Å². The minimum absolute atomic E-state index is 0.580. The molecule has 1 saturated heterocycles. The fourth-order valence-corrected chi connectivity index (χ4v) is 2.14. The second-order valence-corrected chi connectivity index (χ2v) is 4.96. The van der Waals surface area contributed by atoms with Crippen molar-refractivity contribution in [3.8, 4) is 12.3 Å². The van der Waals surface area contributed by atoms with E-state index in [2.05, 4.69) is 5.92 Å². The van der Waals surface area contributed by atoms with Gasteiger partial charge in [-0.25, -0.2) is 4.79 Å². The lowest BCUT2D eigenvalue weighted by Gasteiger charge is -2.26. The van der Waals surface area contributed by atoms with Crippen LogP contribution < -0.4 is 11.2 Å². The van der Waals surface area contributed by atoms with Crippen molar-refractivity contribution in [3.63, 3.8) is 0 Å². The van der Waals surface area contributed by atoms with Crippen LogP contribution in [0.4, 0.5) is 0 Å². The van der Waals surface area contributed by atoms with Crippen LogP contribution in [-0.4, -0.2) is 37.1 Å². The third-order valence-corrected chi connectivity index (χ3v) is 3.20. The topological polar surface area (TPSA) is 105 Å². The van der Waals surface area contributed by atoms with Gasteiger partial charge in [-0.05, 0) is 13.8 Å². The molecule has 0 amide bonds. The normalized spacial score (nSPS) is 33.0. The van der Waals surface area contributed by atoms with E-state index in [9.17, 15) is 19.8 Å². The van der Waals surface area contributed by atoms with Crippen molar-refractivity contribution in [1.29, 1.82) is 0 Å². The standard InChI is InChI=1S/C12H14N2O5/c1-4-12(18)8(16)11(2,3)19-9(12)14-6-5-7(15)13-10(14)17/h1,5-6,8-9,16,18H,2-3H3,(H,13,15,17)/t8-,9-,12-/m1/s1. The molecule has 3 N–H and O–H groups in total. The molecule has 2 rings (SSSR count). The van der Waals surface area contributed by atoms with Crippen LogP contribution in [0, 0.1) is 12.3 Å². The zero-order valence-electron chi connectivity index (χ0n) is 10.5. The van der Waals surface area contributed by atoms with Gasteiger partial charge in [0.25, 0.3) is 5.56 Å². The summed E-state index contributed by atoms with van der Waals surface area (Å²) in [6.07, 6.45) is 3.75. The van der Waals surface area contributed by atoms with Crippen LogP contribution in [0.5, 0.6) is 0 Å². The summed E-state index contributed by atoms with van der Waals surface area (Å²) in [6, 6.07) is 1.10. The Labute approximate surface area is 108 Å². The average Bonchev–Trinajstić information content (AvgIpc) is 2.51. The Hall–Kier alpha value is -1.88. The van der Waals surface area contributed by atoms with E-state index in [0.717, 1.165) is 16.8 Å². The summed E-state index contributed by atoms with van der Waals surface area (Å²) in [5.74, 6) is 2.06. The van der Waals surface area contributed by atoms with E-state index in [4.69, 9.17) is 11.2 Å². The largest absolute Gasteiger partial charge is 0.386 e. The molecule has 0 unspecified atom stereocenters. The van der Waals surface area contributed by atoms with E-state index in [0.29, 0.717) is 0 Å². The number of terminal acetylenes is 1.